The largest absolute Gasteiger partial charge is 0.469 e. The van der Waals surface area contributed by atoms with Gasteiger partial charge in [0.05, 0.1) is 13.5 Å². The fourth-order valence-electron chi connectivity index (χ4n) is 2.74. The van der Waals surface area contributed by atoms with Gasteiger partial charge in [0, 0.05) is 45.1 Å². The molecule has 1 saturated heterocycles. The zero-order valence-corrected chi connectivity index (χ0v) is 12.2. The number of esters is 1. The van der Waals surface area contributed by atoms with Crippen molar-refractivity contribution in [2.75, 3.05) is 44.7 Å². The lowest BCUT2D eigenvalue weighted by Gasteiger charge is -2.36. The molecule has 1 aliphatic heterocycles. The van der Waals surface area contributed by atoms with Crippen LogP contribution in [-0.4, -0.2) is 60.1 Å². The van der Waals surface area contributed by atoms with E-state index in [0.29, 0.717) is 6.42 Å². The Morgan fingerprint density at radius 1 is 1.29 bits per heavy atom. The molecule has 0 bridgehead atoms. The molecule has 0 aliphatic carbocycles. The molecule has 3 rings (SSSR count). The lowest BCUT2D eigenvalue weighted by Crippen LogP contribution is -2.47. The lowest BCUT2D eigenvalue weighted by atomic mass is 10.2. The summed E-state index contributed by atoms with van der Waals surface area (Å²) in [7, 11) is 1.44. The number of aromatic nitrogens is 2. The molecule has 0 radical (unpaired) electrons. The monoisotopic (exact) mass is 288 g/mol. The van der Waals surface area contributed by atoms with Gasteiger partial charge in [0.1, 0.15) is 11.5 Å². The number of nitrogens with zero attached hydrogens (tertiary/aromatic N) is 4. The Morgan fingerprint density at radius 2 is 2.10 bits per heavy atom. The van der Waals surface area contributed by atoms with E-state index >= 15 is 0 Å². The van der Waals surface area contributed by atoms with Gasteiger partial charge in [-0.25, -0.2) is 4.98 Å². The second-order valence-corrected chi connectivity index (χ2v) is 5.19. The maximum absolute atomic E-state index is 11.2. The molecule has 21 heavy (non-hydrogen) atoms. The van der Waals surface area contributed by atoms with Gasteiger partial charge in [0.25, 0.3) is 0 Å². The van der Waals surface area contributed by atoms with E-state index in [1.807, 2.05) is 24.5 Å². The van der Waals surface area contributed by atoms with Gasteiger partial charge in [-0.1, -0.05) is 6.07 Å². The number of imidazole rings is 1. The maximum atomic E-state index is 11.2. The third kappa shape index (κ3) is 3.00. The fraction of sp³-hybridized carbons (Fsp3) is 0.467. The third-order valence-corrected chi connectivity index (χ3v) is 3.96. The highest BCUT2D eigenvalue weighted by Gasteiger charge is 2.19. The van der Waals surface area contributed by atoms with E-state index in [-0.39, 0.29) is 5.97 Å². The molecule has 0 N–H and O–H groups in total. The molecule has 0 aromatic carbocycles. The second kappa shape index (κ2) is 6.13. The molecule has 0 saturated carbocycles. The van der Waals surface area contributed by atoms with Crippen molar-refractivity contribution in [3.05, 3.63) is 30.6 Å². The number of methoxy groups -OCH3 is 1. The van der Waals surface area contributed by atoms with E-state index in [1.54, 1.807) is 0 Å². The van der Waals surface area contributed by atoms with Gasteiger partial charge in [-0.2, -0.15) is 0 Å². The number of fused-ring (bicyclic) bond motifs is 1. The van der Waals surface area contributed by atoms with Crippen LogP contribution in [0.4, 0.5) is 5.82 Å². The Hall–Kier alpha value is -2.08. The second-order valence-electron chi connectivity index (χ2n) is 5.19. The van der Waals surface area contributed by atoms with Crippen LogP contribution >= 0.6 is 0 Å². The fourth-order valence-corrected chi connectivity index (χ4v) is 2.74. The zero-order chi connectivity index (χ0) is 14.7. The molecule has 1 fully saturated rings. The predicted molar refractivity (Wildman–Crippen MR) is 80.5 cm³/mol. The average molecular weight is 288 g/mol. The van der Waals surface area contributed by atoms with Crippen LogP contribution in [0.2, 0.25) is 0 Å². The first kappa shape index (κ1) is 13.9. The molecule has 112 valence electrons. The molecule has 3 heterocycles. The number of anilines is 1. The van der Waals surface area contributed by atoms with Gasteiger partial charge < -0.3 is 9.64 Å². The van der Waals surface area contributed by atoms with E-state index < -0.39 is 0 Å². The van der Waals surface area contributed by atoms with Gasteiger partial charge in [0.2, 0.25) is 0 Å². The summed E-state index contributed by atoms with van der Waals surface area (Å²) in [6.45, 7) is 4.61. The third-order valence-electron chi connectivity index (χ3n) is 3.96. The van der Waals surface area contributed by atoms with E-state index in [4.69, 9.17) is 0 Å². The topological polar surface area (TPSA) is 50.1 Å². The van der Waals surface area contributed by atoms with Crippen LogP contribution in [0.3, 0.4) is 0 Å². The molecule has 6 nitrogen and oxygen atoms in total. The van der Waals surface area contributed by atoms with E-state index in [2.05, 4.69) is 30.0 Å². The number of ether oxygens (including phenoxy) is 1. The van der Waals surface area contributed by atoms with Crippen molar-refractivity contribution in [2.24, 2.45) is 0 Å². The Morgan fingerprint density at radius 3 is 2.86 bits per heavy atom. The van der Waals surface area contributed by atoms with Crippen molar-refractivity contribution in [3.63, 3.8) is 0 Å². The maximum Gasteiger partial charge on any atom is 0.306 e. The average Bonchev–Trinajstić information content (AvgIpc) is 3.01. The first-order valence-electron chi connectivity index (χ1n) is 7.24. The van der Waals surface area contributed by atoms with Gasteiger partial charge in [-0.15, -0.1) is 0 Å². The summed E-state index contributed by atoms with van der Waals surface area (Å²) in [4.78, 5) is 20.2. The number of piperazine rings is 1. The van der Waals surface area contributed by atoms with E-state index in [1.165, 1.54) is 12.9 Å². The number of hydrogen-bond donors (Lipinski definition) is 0. The van der Waals surface area contributed by atoms with Crippen LogP contribution in [0.25, 0.3) is 5.65 Å². The minimum absolute atomic E-state index is 0.138. The molecule has 1 aliphatic rings. The van der Waals surface area contributed by atoms with Crippen molar-refractivity contribution < 1.29 is 9.53 Å². The number of carbonyl (C=O) groups excluding carboxylic acids is 1. The summed E-state index contributed by atoms with van der Waals surface area (Å²) in [6.07, 6.45) is 4.29. The molecule has 6 heteroatoms. The van der Waals surface area contributed by atoms with Gasteiger partial charge >= 0.3 is 5.97 Å². The molecule has 0 unspecified atom stereocenters. The normalized spacial score (nSPS) is 16.3. The van der Waals surface area contributed by atoms with Gasteiger partial charge in [0.15, 0.2) is 0 Å². The molecule has 0 amide bonds. The van der Waals surface area contributed by atoms with Crippen LogP contribution < -0.4 is 4.90 Å². The summed E-state index contributed by atoms with van der Waals surface area (Å²) in [6, 6.07) is 6.18. The summed E-state index contributed by atoms with van der Waals surface area (Å²) in [5.74, 6) is 1.04. The summed E-state index contributed by atoms with van der Waals surface area (Å²) in [5, 5.41) is 0. The summed E-state index contributed by atoms with van der Waals surface area (Å²) >= 11 is 0. The molecule has 0 atom stereocenters. The number of rotatable bonds is 4. The van der Waals surface area contributed by atoms with Crippen molar-refractivity contribution in [3.8, 4) is 0 Å². The zero-order valence-electron chi connectivity index (χ0n) is 12.2. The van der Waals surface area contributed by atoms with Gasteiger partial charge in [-0.05, 0) is 12.1 Å². The molecule has 2 aromatic rings. The quantitative estimate of drug-likeness (QED) is 0.786. The highest BCUT2D eigenvalue weighted by molar-refractivity contribution is 5.69. The van der Waals surface area contributed by atoms with E-state index in [9.17, 15) is 4.79 Å². The van der Waals surface area contributed by atoms with Crippen molar-refractivity contribution in [1.82, 2.24) is 14.3 Å². The van der Waals surface area contributed by atoms with E-state index in [0.717, 1.165) is 38.4 Å². The highest BCUT2D eigenvalue weighted by atomic mass is 16.5. The van der Waals surface area contributed by atoms with Crippen LogP contribution in [0.1, 0.15) is 6.42 Å². The van der Waals surface area contributed by atoms with Crippen molar-refractivity contribution in [1.29, 1.82) is 0 Å². The number of pyridine rings is 1. The lowest BCUT2D eigenvalue weighted by molar-refractivity contribution is -0.141. The highest BCUT2D eigenvalue weighted by Crippen LogP contribution is 2.18. The Kier molecular flexibility index (Phi) is 4.06. The molecule has 0 spiro atoms. The number of hydrogen-bond acceptors (Lipinski definition) is 5. The smallest absolute Gasteiger partial charge is 0.306 e. The minimum Gasteiger partial charge on any atom is -0.469 e. The van der Waals surface area contributed by atoms with Gasteiger partial charge in [-0.3, -0.25) is 14.1 Å². The molecular weight excluding hydrogens is 268 g/mol. The van der Waals surface area contributed by atoms with Crippen LogP contribution in [-0.2, 0) is 9.53 Å². The van der Waals surface area contributed by atoms with Crippen LogP contribution in [0.15, 0.2) is 30.6 Å². The van der Waals surface area contributed by atoms with Crippen LogP contribution in [0.5, 0.6) is 0 Å². The summed E-state index contributed by atoms with van der Waals surface area (Å²) < 4.78 is 6.80. The Bertz CT molecular complexity index is 617. The predicted octanol–water partition coefficient (Wildman–Crippen LogP) is 1.02. The Labute approximate surface area is 123 Å². The summed E-state index contributed by atoms with van der Waals surface area (Å²) in [5.41, 5.74) is 0.973. The van der Waals surface area contributed by atoms with Crippen molar-refractivity contribution >= 4 is 17.4 Å². The molecular formula is C15H20N4O2. The first-order chi connectivity index (χ1) is 10.3. The molecule has 2 aromatic heterocycles. The first-order valence-corrected chi connectivity index (χ1v) is 7.24. The number of carbonyl (C=O) groups is 1. The standard InChI is InChI=1S/C15H20N4O2/c1-21-15(20)5-7-17-9-11-18(12-10-17)14-4-2-3-13-16-6-8-19(13)14/h2-4,6,8H,5,7,9-12H2,1H3. The van der Waals surface area contributed by atoms with Crippen LogP contribution in [0, 0.1) is 0 Å². The Balaban J connectivity index is 1.61. The van der Waals surface area contributed by atoms with Crippen molar-refractivity contribution in [2.45, 2.75) is 6.42 Å². The SMILES string of the molecule is COC(=O)CCN1CCN(c2cccc3nccn23)CC1. The minimum atomic E-state index is -0.138.